The molecule has 0 spiro atoms. The number of rotatable bonds is 5. The highest BCUT2D eigenvalue weighted by Gasteiger charge is 2.36. The van der Waals surface area contributed by atoms with Gasteiger partial charge in [-0.1, -0.05) is 6.07 Å². The van der Waals surface area contributed by atoms with Crippen LogP contribution in [0.4, 0.5) is 10.2 Å². The Bertz CT molecular complexity index is 1090. The number of H-pyrrole nitrogens is 1. The standard InChI is InChI=1S/C24H27FN4O2/c1-3-29-17(2)16-20(30)22(24(29)31)23(18-7-9-19(25)10-8-18)28-14-12-27(13-15-28)21-6-4-5-11-26-21/h4-11,16,23,30H,3,12-15H2,1-2H3/p+2/t23-/m0/s1. The van der Waals surface area contributed by atoms with Crippen molar-refractivity contribution < 1.29 is 19.4 Å². The van der Waals surface area contributed by atoms with Gasteiger partial charge in [-0.15, -0.1) is 0 Å². The first-order chi connectivity index (χ1) is 15.0. The number of piperazine rings is 1. The van der Waals surface area contributed by atoms with Gasteiger partial charge >= 0.3 is 0 Å². The first-order valence-corrected chi connectivity index (χ1v) is 10.7. The third kappa shape index (κ3) is 4.18. The Balaban J connectivity index is 1.72. The number of aromatic amines is 1. The smallest absolute Gasteiger partial charge is 0.274 e. The second-order valence-electron chi connectivity index (χ2n) is 8.01. The second kappa shape index (κ2) is 8.89. The molecule has 7 heteroatoms. The van der Waals surface area contributed by atoms with Crippen LogP contribution in [0.15, 0.2) is 59.5 Å². The number of benzene rings is 1. The van der Waals surface area contributed by atoms with E-state index in [1.807, 2.05) is 38.2 Å². The second-order valence-corrected chi connectivity index (χ2v) is 8.01. The molecule has 4 rings (SSSR count). The van der Waals surface area contributed by atoms with Crippen molar-refractivity contribution in [3.05, 3.63) is 87.7 Å². The quantitative estimate of drug-likeness (QED) is 0.650. The van der Waals surface area contributed by atoms with Crippen LogP contribution in [0.25, 0.3) is 0 Å². The van der Waals surface area contributed by atoms with Gasteiger partial charge in [0.2, 0.25) is 0 Å². The summed E-state index contributed by atoms with van der Waals surface area (Å²) in [6, 6.07) is 13.6. The Kier molecular flexibility index (Phi) is 6.04. The summed E-state index contributed by atoms with van der Waals surface area (Å²) < 4.78 is 15.3. The van der Waals surface area contributed by atoms with Crippen LogP contribution < -0.4 is 20.3 Å². The number of nitrogens with one attached hydrogen (secondary N) is 2. The average Bonchev–Trinajstić information content (AvgIpc) is 2.78. The lowest BCUT2D eigenvalue weighted by atomic mass is 9.96. The van der Waals surface area contributed by atoms with Gasteiger partial charge in [0.25, 0.3) is 11.4 Å². The fourth-order valence-corrected chi connectivity index (χ4v) is 4.60. The largest absolute Gasteiger partial charge is 0.507 e. The first kappa shape index (κ1) is 21.1. The molecule has 6 nitrogen and oxygen atoms in total. The summed E-state index contributed by atoms with van der Waals surface area (Å²) >= 11 is 0. The lowest BCUT2D eigenvalue weighted by molar-refractivity contribution is -0.926. The highest BCUT2D eigenvalue weighted by molar-refractivity contribution is 5.40. The van der Waals surface area contributed by atoms with E-state index in [0.29, 0.717) is 12.1 Å². The molecule has 0 saturated carbocycles. The van der Waals surface area contributed by atoms with Crippen molar-refractivity contribution in [1.29, 1.82) is 0 Å². The van der Waals surface area contributed by atoms with Crippen molar-refractivity contribution in [3.8, 4) is 5.75 Å². The summed E-state index contributed by atoms with van der Waals surface area (Å²) in [5, 5.41) is 10.8. The lowest BCUT2D eigenvalue weighted by Crippen LogP contribution is -3.15. The number of nitrogens with zero attached hydrogens (tertiary/aromatic N) is 2. The van der Waals surface area contributed by atoms with Gasteiger partial charge in [0, 0.05) is 23.9 Å². The molecule has 31 heavy (non-hydrogen) atoms. The van der Waals surface area contributed by atoms with Crippen LogP contribution in [-0.4, -0.2) is 35.9 Å². The fourth-order valence-electron chi connectivity index (χ4n) is 4.60. The summed E-state index contributed by atoms with van der Waals surface area (Å²) in [5.41, 5.74) is 1.76. The average molecular weight is 425 g/mol. The third-order valence-corrected chi connectivity index (χ3v) is 6.18. The predicted molar refractivity (Wildman–Crippen MR) is 117 cm³/mol. The summed E-state index contributed by atoms with van der Waals surface area (Å²) in [4.78, 5) is 20.1. The third-order valence-electron chi connectivity index (χ3n) is 6.18. The molecule has 1 atom stereocenters. The molecule has 0 unspecified atom stereocenters. The van der Waals surface area contributed by atoms with Gasteiger partial charge in [-0.3, -0.25) is 9.69 Å². The summed E-state index contributed by atoms with van der Waals surface area (Å²) in [7, 11) is 0. The molecule has 1 aromatic carbocycles. The fraction of sp³-hybridized carbons (Fsp3) is 0.333. The number of quaternary nitrogens is 1. The molecule has 0 amide bonds. The maximum atomic E-state index is 13.6. The Morgan fingerprint density at radius 2 is 1.87 bits per heavy atom. The Labute approximate surface area is 181 Å². The number of anilines is 1. The highest BCUT2D eigenvalue weighted by Crippen LogP contribution is 2.26. The molecule has 3 heterocycles. The Morgan fingerprint density at radius 1 is 1.16 bits per heavy atom. The zero-order valence-corrected chi connectivity index (χ0v) is 17.9. The van der Waals surface area contributed by atoms with E-state index in [2.05, 4.69) is 9.88 Å². The van der Waals surface area contributed by atoms with Crippen LogP contribution in [0.2, 0.25) is 0 Å². The number of aryl methyl sites for hydroxylation is 1. The van der Waals surface area contributed by atoms with E-state index in [0.717, 1.165) is 43.3 Å². The molecular weight excluding hydrogens is 395 g/mol. The number of halogens is 1. The minimum atomic E-state index is -0.367. The zero-order valence-electron chi connectivity index (χ0n) is 17.9. The Morgan fingerprint density at radius 3 is 2.48 bits per heavy atom. The lowest BCUT2D eigenvalue weighted by Gasteiger charge is -2.34. The van der Waals surface area contributed by atoms with E-state index in [-0.39, 0.29) is 23.2 Å². The number of aromatic nitrogens is 2. The van der Waals surface area contributed by atoms with Gasteiger partial charge in [-0.25, -0.2) is 9.37 Å². The van der Waals surface area contributed by atoms with E-state index >= 15 is 0 Å². The van der Waals surface area contributed by atoms with E-state index in [1.54, 1.807) is 22.8 Å². The van der Waals surface area contributed by atoms with Gasteiger partial charge in [0.05, 0.1) is 6.20 Å². The monoisotopic (exact) mass is 424 g/mol. The number of aromatic hydroxyl groups is 1. The van der Waals surface area contributed by atoms with E-state index in [9.17, 15) is 14.3 Å². The maximum absolute atomic E-state index is 13.6. The molecule has 1 fully saturated rings. The molecule has 3 N–H and O–H groups in total. The van der Waals surface area contributed by atoms with Gasteiger partial charge in [0.15, 0.2) is 0 Å². The van der Waals surface area contributed by atoms with Crippen molar-refractivity contribution in [1.82, 2.24) is 4.57 Å². The van der Waals surface area contributed by atoms with Crippen LogP contribution in [-0.2, 0) is 6.54 Å². The molecule has 1 aliphatic rings. The van der Waals surface area contributed by atoms with Crippen molar-refractivity contribution in [2.75, 3.05) is 31.1 Å². The number of pyridine rings is 2. The van der Waals surface area contributed by atoms with Gasteiger partial charge in [0.1, 0.15) is 49.4 Å². The van der Waals surface area contributed by atoms with Gasteiger partial charge < -0.3 is 14.6 Å². The minimum Gasteiger partial charge on any atom is -0.507 e. The molecule has 3 aromatic rings. The van der Waals surface area contributed by atoms with Crippen LogP contribution in [0.1, 0.15) is 29.8 Å². The summed E-state index contributed by atoms with van der Waals surface area (Å²) in [6.07, 6.45) is 1.91. The van der Waals surface area contributed by atoms with Crippen molar-refractivity contribution in [3.63, 3.8) is 0 Å². The van der Waals surface area contributed by atoms with E-state index < -0.39 is 0 Å². The molecule has 2 aromatic heterocycles. The van der Waals surface area contributed by atoms with Crippen molar-refractivity contribution in [2.45, 2.75) is 26.4 Å². The highest BCUT2D eigenvalue weighted by atomic mass is 19.1. The number of hydrogen-bond donors (Lipinski definition) is 2. The van der Waals surface area contributed by atoms with Gasteiger partial charge in [-0.05, 0) is 50.2 Å². The maximum Gasteiger partial charge on any atom is 0.274 e. The predicted octanol–water partition coefficient (Wildman–Crippen LogP) is 1.33. The summed E-state index contributed by atoms with van der Waals surface area (Å²) in [5.74, 6) is 0.750. The van der Waals surface area contributed by atoms with Crippen molar-refractivity contribution in [2.24, 2.45) is 0 Å². The SMILES string of the molecule is CCn1c(C)cc(O)c([C@H](c2ccc(F)cc2)[NH+]2CCN(c3cccc[nH+]3)CC2)c1=O. The number of hydrogen-bond acceptors (Lipinski definition) is 3. The molecule has 1 aliphatic heterocycles. The molecule has 1 saturated heterocycles. The molecule has 0 aliphatic carbocycles. The minimum absolute atomic E-state index is 0.00727. The molecule has 162 valence electrons. The van der Waals surface area contributed by atoms with Crippen LogP contribution in [0.3, 0.4) is 0 Å². The Hall–Kier alpha value is -3.19. The molecular formula is C24H29FN4O2+2. The molecule has 0 bridgehead atoms. The normalized spacial score (nSPS) is 15.8. The topological polar surface area (TPSA) is 64.1 Å². The van der Waals surface area contributed by atoms with Crippen molar-refractivity contribution >= 4 is 5.82 Å². The first-order valence-electron chi connectivity index (χ1n) is 10.7. The molecule has 0 radical (unpaired) electrons. The zero-order chi connectivity index (χ0) is 22.0. The van der Waals surface area contributed by atoms with Crippen LogP contribution >= 0.6 is 0 Å². The van der Waals surface area contributed by atoms with Crippen LogP contribution in [0.5, 0.6) is 5.75 Å². The van der Waals surface area contributed by atoms with E-state index in [4.69, 9.17) is 0 Å². The van der Waals surface area contributed by atoms with Gasteiger partial charge in [-0.2, -0.15) is 0 Å². The van der Waals surface area contributed by atoms with Crippen LogP contribution in [0, 0.1) is 12.7 Å². The summed E-state index contributed by atoms with van der Waals surface area (Å²) in [6.45, 7) is 7.45. The van der Waals surface area contributed by atoms with E-state index in [1.165, 1.54) is 17.0 Å².